The van der Waals surface area contributed by atoms with Crippen LogP contribution in [0.1, 0.15) is 28.7 Å². The predicted molar refractivity (Wildman–Crippen MR) is 95.3 cm³/mol. The number of nitrogens with zero attached hydrogens (tertiary/aromatic N) is 2. The maximum absolute atomic E-state index is 6.10. The summed E-state index contributed by atoms with van der Waals surface area (Å²) in [5.41, 5.74) is 9.07. The van der Waals surface area contributed by atoms with Crippen LogP contribution in [0.2, 0.25) is 5.28 Å². The molecule has 0 saturated carbocycles. The normalized spacial score (nSPS) is 12.7. The van der Waals surface area contributed by atoms with E-state index >= 15 is 0 Å². The maximum Gasteiger partial charge on any atom is 0.224 e. The summed E-state index contributed by atoms with van der Waals surface area (Å²) in [5.74, 6) is 1.62. The Balaban J connectivity index is 1.97. The van der Waals surface area contributed by atoms with E-state index in [2.05, 4.69) is 22.2 Å². The molecule has 23 heavy (non-hydrogen) atoms. The molecule has 0 fully saturated rings. The average molecular weight is 351 g/mol. The van der Waals surface area contributed by atoms with Crippen molar-refractivity contribution in [2.75, 3.05) is 5.32 Å². The monoisotopic (exact) mass is 350 g/mol. The lowest BCUT2D eigenvalue weighted by Crippen LogP contribution is -2.17. The minimum absolute atomic E-state index is 0.104. The number of nitrogens with one attached hydrogen (secondary N) is 1. The minimum Gasteiger partial charge on any atom is -0.467 e. The summed E-state index contributed by atoms with van der Waals surface area (Å²) in [5, 5.41) is 3.56. The van der Waals surface area contributed by atoms with E-state index in [1.807, 2.05) is 19.9 Å². The highest BCUT2D eigenvalue weighted by atomic mass is 35.5. The third-order valence-electron chi connectivity index (χ3n) is 3.73. The van der Waals surface area contributed by atoms with Crippen LogP contribution in [0.25, 0.3) is 10.2 Å². The van der Waals surface area contributed by atoms with Crippen molar-refractivity contribution in [1.82, 2.24) is 9.97 Å². The van der Waals surface area contributed by atoms with E-state index in [4.69, 9.17) is 21.8 Å². The number of aromatic nitrogens is 2. The Labute approximate surface area is 143 Å². The predicted octanol–water partition coefficient (Wildman–Crippen LogP) is 4.06. The van der Waals surface area contributed by atoms with Crippen LogP contribution in [0, 0.1) is 13.8 Å². The zero-order valence-electron chi connectivity index (χ0n) is 13.3. The van der Waals surface area contributed by atoms with Crippen molar-refractivity contribution >= 4 is 39.0 Å². The van der Waals surface area contributed by atoms with Gasteiger partial charge in [0.05, 0.1) is 23.0 Å². The average Bonchev–Trinajstić information content (AvgIpc) is 3.02. The summed E-state index contributed by atoms with van der Waals surface area (Å²) in [6.45, 7) is 6.63. The molecule has 0 saturated heterocycles. The Hall–Kier alpha value is -1.63. The van der Waals surface area contributed by atoms with Gasteiger partial charge in [0.1, 0.15) is 11.6 Å². The Morgan fingerprint density at radius 2 is 2.17 bits per heavy atom. The number of furan rings is 1. The molecule has 0 aliphatic carbocycles. The minimum atomic E-state index is 0.104. The van der Waals surface area contributed by atoms with Crippen LogP contribution in [-0.4, -0.2) is 16.0 Å². The largest absolute Gasteiger partial charge is 0.467 e. The number of halogens is 1. The molecule has 0 aliphatic rings. The maximum atomic E-state index is 6.10. The molecule has 0 spiro atoms. The lowest BCUT2D eigenvalue weighted by Gasteiger charge is -2.06. The highest BCUT2D eigenvalue weighted by molar-refractivity contribution is 7.19. The second kappa shape index (κ2) is 6.47. The van der Waals surface area contributed by atoms with Crippen LogP contribution >= 0.6 is 22.9 Å². The van der Waals surface area contributed by atoms with E-state index in [-0.39, 0.29) is 11.3 Å². The first kappa shape index (κ1) is 16.2. The van der Waals surface area contributed by atoms with E-state index in [9.17, 15) is 0 Å². The number of aryl methyl sites for hydroxylation is 2. The molecule has 0 radical (unpaired) electrons. The highest BCUT2D eigenvalue weighted by Crippen LogP contribution is 2.35. The zero-order chi connectivity index (χ0) is 16.6. The van der Waals surface area contributed by atoms with Crippen molar-refractivity contribution in [2.24, 2.45) is 5.73 Å². The van der Waals surface area contributed by atoms with Crippen molar-refractivity contribution in [3.8, 4) is 0 Å². The van der Waals surface area contributed by atoms with Crippen molar-refractivity contribution in [3.05, 3.63) is 39.4 Å². The smallest absolute Gasteiger partial charge is 0.224 e. The van der Waals surface area contributed by atoms with Gasteiger partial charge in [0.2, 0.25) is 5.28 Å². The van der Waals surface area contributed by atoms with Gasteiger partial charge < -0.3 is 15.5 Å². The molecule has 1 atom stereocenters. The first-order valence-corrected chi connectivity index (χ1v) is 8.63. The van der Waals surface area contributed by atoms with Gasteiger partial charge >= 0.3 is 0 Å². The summed E-state index contributed by atoms with van der Waals surface area (Å²) in [4.78, 5) is 9.96. The van der Waals surface area contributed by atoms with E-state index in [0.29, 0.717) is 6.54 Å². The van der Waals surface area contributed by atoms with Gasteiger partial charge in [-0.05, 0) is 56.0 Å². The lowest BCUT2D eigenvalue weighted by atomic mass is 10.1. The summed E-state index contributed by atoms with van der Waals surface area (Å²) in [6.07, 6.45) is 2.51. The molecule has 0 bridgehead atoms. The van der Waals surface area contributed by atoms with E-state index in [1.54, 1.807) is 17.6 Å². The van der Waals surface area contributed by atoms with E-state index in [1.165, 1.54) is 4.88 Å². The number of anilines is 1. The first-order chi connectivity index (χ1) is 11.0. The van der Waals surface area contributed by atoms with Gasteiger partial charge in [-0.25, -0.2) is 4.98 Å². The van der Waals surface area contributed by atoms with Crippen LogP contribution in [-0.2, 0) is 13.0 Å². The Kier molecular flexibility index (Phi) is 4.57. The van der Waals surface area contributed by atoms with E-state index < -0.39 is 0 Å². The summed E-state index contributed by atoms with van der Waals surface area (Å²) < 4.78 is 6.46. The van der Waals surface area contributed by atoms with Crippen LogP contribution in [0.3, 0.4) is 0 Å². The Morgan fingerprint density at radius 3 is 2.83 bits per heavy atom. The van der Waals surface area contributed by atoms with Gasteiger partial charge in [0.25, 0.3) is 0 Å². The van der Waals surface area contributed by atoms with Crippen molar-refractivity contribution in [1.29, 1.82) is 0 Å². The third kappa shape index (κ3) is 3.34. The fourth-order valence-electron chi connectivity index (χ4n) is 2.46. The molecule has 122 valence electrons. The quantitative estimate of drug-likeness (QED) is 0.678. The van der Waals surface area contributed by atoms with Gasteiger partial charge in [0.15, 0.2) is 0 Å². The standard InChI is InChI=1S/C16H19ClN4OS/c1-8-4-5-22-11(8)7-19-15-14-13(20-16(17)21-15)10(3)12(23-14)6-9(2)18/h4-5,9H,6-7,18H2,1-3H3,(H,19,20,21)/t9-/m0/s1. The lowest BCUT2D eigenvalue weighted by molar-refractivity contribution is 0.515. The Morgan fingerprint density at radius 1 is 1.39 bits per heavy atom. The van der Waals surface area contributed by atoms with Gasteiger partial charge in [-0.2, -0.15) is 4.98 Å². The van der Waals surface area contributed by atoms with Crippen molar-refractivity contribution < 1.29 is 4.42 Å². The molecule has 7 heteroatoms. The molecule has 3 aromatic rings. The second-order valence-corrected chi connectivity index (χ2v) is 7.17. The molecule has 5 nitrogen and oxygen atoms in total. The number of hydrogen-bond donors (Lipinski definition) is 2. The summed E-state index contributed by atoms with van der Waals surface area (Å²) >= 11 is 7.77. The molecule has 0 unspecified atom stereocenters. The van der Waals surface area contributed by atoms with Gasteiger partial charge in [-0.3, -0.25) is 0 Å². The van der Waals surface area contributed by atoms with Gasteiger partial charge in [0, 0.05) is 10.9 Å². The van der Waals surface area contributed by atoms with Crippen molar-refractivity contribution in [3.63, 3.8) is 0 Å². The van der Waals surface area contributed by atoms with Crippen LogP contribution in [0.15, 0.2) is 16.7 Å². The number of thiophene rings is 1. The number of nitrogens with two attached hydrogens (primary N) is 1. The zero-order valence-corrected chi connectivity index (χ0v) is 14.9. The summed E-state index contributed by atoms with van der Waals surface area (Å²) in [7, 11) is 0. The topological polar surface area (TPSA) is 77.0 Å². The first-order valence-electron chi connectivity index (χ1n) is 7.43. The van der Waals surface area contributed by atoms with Gasteiger partial charge in [-0.15, -0.1) is 11.3 Å². The molecule has 0 amide bonds. The highest BCUT2D eigenvalue weighted by Gasteiger charge is 2.16. The fraction of sp³-hybridized carbons (Fsp3) is 0.375. The van der Waals surface area contributed by atoms with Crippen LogP contribution in [0.5, 0.6) is 0 Å². The Bertz CT molecular complexity index is 840. The SMILES string of the molecule is Cc1ccoc1CNc1nc(Cl)nc2c(C)c(C[C@H](C)N)sc12. The molecule has 0 aliphatic heterocycles. The summed E-state index contributed by atoms with van der Waals surface area (Å²) in [6, 6.07) is 2.04. The third-order valence-corrected chi connectivity index (χ3v) is 5.21. The number of rotatable bonds is 5. The molecular formula is C16H19ClN4OS. The molecular weight excluding hydrogens is 332 g/mol. The van der Waals surface area contributed by atoms with E-state index in [0.717, 1.165) is 39.3 Å². The number of hydrogen-bond acceptors (Lipinski definition) is 6. The fourth-order valence-corrected chi connectivity index (χ4v) is 3.98. The molecule has 3 N–H and O–H groups in total. The van der Waals surface area contributed by atoms with Crippen LogP contribution < -0.4 is 11.1 Å². The number of fused-ring (bicyclic) bond motifs is 1. The van der Waals surface area contributed by atoms with Crippen molar-refractivity contribution in [2.45, 2.75) is 39.8 Å². The molecule has 3 aromatic heterocycles. The van der Waals surface area contributed by atoms with Gasteiger partial charge in [-0.1, -0.05) is 0 Å². The molecule has 3 heterocycles. The molecule has 0 aromatic carbocycles. The second-order valence-electron chi connectivity index (χ2n) is 5.73. The molecule has 3 rings (SSSR count). The van der Waals surface area contributed by atoms with Crippen LogP contribution in [0.4, 0.5) is 5.82 Å².